The average Bonchev–Trinajstić information content (AvgIpc) is 3.49. The van der Waals surface area contributed by atoms with E-state index in [1.807, 2.05) is 0 Å². The van der Waals surface area contributed by atoms with Crippen molar-refractivity contribution in [2.75, 3.05) is 49.1 Å². The second-order valence-corrected chi connectivity index (χ2v) is 9.48. The lowest BCUT2D eigenvalue weighted by molar-refractivity contribution is 0.266. The van der Waals surface area contributed by atoms with E-state index in [-0.39, 0.29) is 5.57 Å². The van der Waals surface area contributed by atoms with E-state index in [1.54, 1.807) is 0 Å². The van der Waals surface area contributed by atoms with Crippen LogP contribution in [0.1, 0.15) is 52.4 Å². The predicted octanol–water partition coefficient (Wildman–Crippen LogP) is 4.32. The minimum Gasteiger partial charge on any atom is -0.324 e. The third-order valence-electron chi connectivity index (χ3n) is 7.46. The van der Waals surface area contributed by atoms with Crippen LogP contribution in [-0.4, -0.2) is 61.2 Å². The highest BCUT2D eigenvalue weighted by molar-refractivity contribution is 5.84. The van der Waals surface area contributed by atoms with E-state index in [2.05, 4.69) is 69.9 Å². The summed E-state index contributed by atoms with van der Waals surface area (Å²) in [6.45, 7) is 10.8. The van der Waals surface area contributed by atoms with Gasteiger partial charge >= 0.3 is 0 Å². The summed E-state index contributed by atoms with van der Waals surface area (Å²) >= 11 is 0. The molecule has 2 unspecified atom stereocenters. The molecule has 0 radical (unpaired) electrons. The summed E-state index contributed by atoms with van der Waals surface area (Å²) in [4.78, 5) is 9.57. The van der Waals surface area contributed by atoms with E-state index in [9.17, 15) is 10.5 Å². The second kappa shape index (κ2) is 10.4. The van der Waals surface area contributed by atoms with Crippen LogP contribution in [0.3, 0.4) is 0 Å². The van der Waals surface area contributed by atoms with Gasteiger partial charge in [-0.25, -0.2) is 0 Å². The number of anilines is 2. The summed E-state index contributed by atoms with van der Waals surface area (Å²) in [6.07, 6.45) is 7.18. The molecule has 0 bridgehead atoms. The second-order valence-electron chi connectivity index (χ2n) is 9.48. The van der Waals surface area contributed by atoms with Gasteiger partial charge in [-0.05, 0) is 77.6 Å². The zero-order valence-corrected chi connectivity index (χ0v) is 19.6. The van der Waals surface area contributed by atoms with E-state index >= 15 is 0 Å². The normalized spacial score (nSPS) is 23.4. The van der Waals surface area contributed by atoms with Crippen molar-refractivity contribution in [3.63, 3.8) is 0 Å². The lowest BCUT2D eigenvalue weighted by atomic mass is 10.2. The fourth-order valence-corrected chi connectivity index (χ4v) is 5.66. The molecule has 4 rings (SSSR count). The summed E-state index contributed by atoms with van der Waals surface area (Å²) < 4.78 is 0. The molecule has 0 aliphatic carbocycles. The summed E-state index contributed by atoms with van der Waals surface area (Å²) in [5.41, 5.74) is 2.45. The summed E-state index contributed by atoms with van der Waals surface area (Å²) in [5.74, 6) is 0.778. The van der Waals surface area contributed by atoms with Crippen LogP contribution >= 0.6 is 0 Å². The highest BCUT2D eigenvalue weighted by atomic mass is 15.4. The molecule has 6 heteroatoms. The van der Waals surface area contributed by atoms with Gasteiger partial charge in [-0.15, -0.1) is 0 Å². The molecule has 3 aliphatic heterocycles. The Morgan fingerprint density at radius 1 is 0.812 bits per heavy atom. The maximum atomic E-state index is 9.77. The highest BCUT2D eigenvalue weighted by Gasteiger charge is 2.34. The Balaban J connectivity index is 1.51. The first kappa shape index (κ1) is 22.6. The number of para-hydroxylation sites is 2. The molecule has 0 spiro atoms. The van der Waals surface area contributed by atoms with Gasteiger partial charge in [-0.2, -0.15) is 10.5 Å². The van der Waals surface area contributed by atoms with Crippen LogP contribution in [0, 0.1) is 22.7 Å². The third-order valence-corrected chi connectivity index (χ3v) is 7.46. The molecule has 0 amide bonds. The maximum Gasteiger partial charge on any atom is 0.170 e. The molecular formula is C26H36N6. The number of nitriles is 2. The molecule has 3 aliphatic rings. The van der Waals surface area contributed by atoms with E-state index < -0.39 is 0 Å². The molecule has 6 nitrogen and oxygen atoms in total. The Hall–Kier alpha value is -2.54. The summed E-state index contributed by atoms with van der Waals surface area (Å²) in [6, 6.07) is 14.0. The molecule has 1 aromatic carbocycles. The SMILES string of the molecule is CC1CCCN1CCCN1C(=C(C#N)C#N)N(CCCN2CCCC2C)c2ccccc21. The van der Waals surface area contributed by atoms with Crippen LogP contribution in [0.15, 0.2) is 35.7 Å². The van der Waals surface area contributed by atoms with Crippen molar-refractivity contribution >= 4 is 11.4 Å². The number of likely N-dealkylation sites (tertiary alicyclic amines) is 2. The fourth-order valence-electron chi connectivity index (χ4n) is 5.66. The molecule has 3 heterocycles. The highest BCUT2D eigenvalue weighted by Crippen LogP contribution is 2.42. The molecule has 32 heavy (non-hydrogen) atoms. The van der Waals surface area contributed by atoms with Gasteiger partial charge in [0.15, 0.2) is 5.57 Å². The van der Waals surface area contributed by atoms with Crippen molar-refractivity contribution < 1.29 is 0 Å². The van der Waals surface area contributed by atoms with Crippen molar-refractivity contribution in [1.82, 2.24) is 9.80 Å². The lowest BCUT2D eigenvalue weighted by Gasteiger charge is -2.28. The van der Waals surface area contributed by atoms with Gasteiger partial charge in [0.2, 0.25) is 0 Å². The van der Waals surface area contributed by atoms with Gasteiger partial charge in [0, 0.05) is 38.3 Å². The Bertz CT molecular complexity index is 839. The molecular weight excluding hydrogens is 396 g/mol. The van der Waals surface area contributed by atoms with Crippen LogP contribution in [0.2, 0.25) is 0 Å². The topological polar surface area (TPSA) is 60.5 Å². The summed E-state index contributed by atoms with van der Waals surface area (Å²) in [5, 5.41) is 19.5. The fraction of sp³-hybridized carbons (Fsp3) is 0.615. The van der Waals surface area contributed by atoms with Crippen molar-refractivity contribution in [3.05, 3.63) is 35.7 Å². The van der Waals surface area contributed by atoms with Gasteiger partial charge in [0.25, 0.3) is 0 Å². The van der Waals surface area contributed by atoms with Crippen molar-refractivity contribution in [3.8, 4) is 12.1 Å². The number of rotatable bonds is 8. The smallest absolute Gasteiger partial charge is 0.170 e. The largest absolute Gasteiger partial charge is 0.324 e. The Morgan fingerprint density at radius 2 is 1.28 bits per heavy atom. The van der Waals surface area contributed by atoms with Crippen molar-refractivity contribution in [1.29, 1.82) is 10.5 Å². The first-order valence-corrected chi connectivity index (χ1v) is 12.3. The first-order valence-electron chi connectivity index (χ1n) is 12.3. The molecule has 1 aromatic rings. The quantitative estimate of drug-likeness (QED) is 0.570. The van der Waals surface area contributed by atoms with Gasteiger partial charge in [-0.1, -0.05) is 12.1 Å². The Kier molecular flexibility index (Phi) is 7.35. The van der Waals surface area contributed by atoms with Gasteiger partial charge in [0.05, 0.1) is 11.4 Å². The zero-order chi connectivity index (χ0) is 22.5. The van der Waals surface area contributed by atoms with Crippen LogP contribution in [0.4, 0.5) is 11.4 Å². The van der Waals surface area contributed by atoms with Gasteiger partial charge in [-0.3, -0.25) is 0 Å². The molecule has 2 atom stereocenters. The van der Waals surface area contributed by atoms with Crippen LogP contribution in [0.5, 0.6) is 0 Å². The number of fused-ring (bicyclic) bond motifs is 1. The molecule has 0 aromatic heterocycles. The molecule has 2 fully saturated rings. The van der Waals surface area contributed by atoms with Gasteiger partial charge < -0.3 is 19.6 Å². The minimum atomic E-state index is 0.213. The number of benzene rings is 1. The third kappa shape index (κ3) is 4.63. The monoisotopic (exact) mass is 432 g/mol. The Labute approximate surface area is 193 Å². The standard InChI is InChI=1S/C26H36N6/c1-21-9-5-13-29(21)15-7-17-31-24-11-3-4-12-25(24)32(26(31)23(19-27)20-28)18-8-16-30-14-6-10-22(30)2/h3-4,11-12,21-22H,5-10,13-18H2,1-2H3. The van der Waals surface area contributed by atoms with Crippen LogP contribution < -0.4 is 9.80 Å². The predicted molar refractivity (Wildman–Crippen MR) is 129 cm³/mol. The number of allylic oxidation sites excluding steroid dienone is 1. The van der Waals surface area contributed by atoms with E-state index in [0.717, 1.165) is 56.2 Å². The van der Waals surface area contributed by atoms with Gasteiger partial charge in [0.1, 0.15) is 18.0 Å². The van der Waals surface area contributed by atoms with E-state index in [1.165, 1.54) is 38.8 Å². The Morgan fingerprint density at radius 3 is 1.66 bits per heavy atom. The summed E-state index contributed by atoms with van der Waals surface area (Å²) in [7, 11) is 0. The van der Waals surface area contributed by atoms with Crippen LogP contribution in [-0.2, 0) is 0 Å². The van der Waals surface area contributed by atoms with Crippen LogP contribution in [0.25, 0.3) is 0 Å². The number of hydrogen-bond donors (Lipinski definition) is 0. The molecule has 170 valence electrons. The van der Waals surface area contributed by atoms with Crippen molar-refractivity contribution in [2.45, 2.75) is 64.5 Å². The first-order chi connectivity index (χ1) is 15.6. The minimum absolute atomic E-state index is 0.213. The maximum absolute atomic E-state index is 9.77. The molecule has 2 saturated heterocycles. The van der Waals surface area contributed by atoms with E-state index in [0.29, 0.717) is 12.1 Å². The zero-order valence-electron chi connectivity index (χ0n) is 19.6. The number of nitrogens with zero attached hydrogens (tertiary/aromatic N) is 6. The molecule has 0 saturated carbocycles. The lowest BCUT2D eigenvalue weighted by Crippen LogP contribution is -2.35. The van der Waals surface area contributed by atoms with Crippen molar-refractivity contribution in [2.24, 2.45) is 0 Å². The molecule has 0 N–H and O–H groups in total. The van der Waals surface area contributed by atoms with E-state index in [4.69, 9.17) is 0 Å². The average molecular weight is 433 g/mol. The number of hydrogen-bond acceptors (Lipinski definition) is 6.